The first-order valence-electron chi connectivity index (χ1n) is 8.13. The topological polar surface area (TPSA) is 44.9 Å². The number of para-hydroxylation sites is 1. The van der Waals surface area contributed by atoms with E-state index >= 15 is 0 Å². The normalized spacial score (nSPS) is 12.2. The molecule has 0 aliphatic rings. The van der Waals surface area contributed by atoms with Crippen LogP contribution >= 0.6 is 0 Å². The Kier molecular flexibility index (Phi) is 4.77. The van der Waals surface area contributed by atoms with Crippen molar-refractivity contribution in [3.05, 3.63) is 71.9 Å². The van der Waals surface area contributed by atoms with Crippen LogP contribution in [-0.4, -0.2) is 10.9 Å². The molecular weight excluding hydrogens is 284 g/mol. The van der Waals surface area contributed by atoms with Gasteiger partial charge in [-0.15, -0.1) is 0 Å². The van der Waals surface area contributed by atoms with Crippen LogP contribution in [0.3, 0.4) is 0 Å². The van der Waals surface area contributed by atoms with Gasteiger partial charge in [-0.05, 0) is 37.0 Å². The SMILES string of the molecule is CC(NC(=O)CCCc1c[nH]c2ccccc12)c1ccccc1. The highest BCUT2D eigenvalue weighted by Crippen LogP contribution is 2.19. The second-order valence-electron chi connectivity index (χ2n) is 5.91. The lowest BCUT2D eigenvalue weighted by atomic mass is 10.1. The van der Waals surface area contributed by atoms with E-state index in [0.29, 0.717) is 6.42 Å². The van der Waals surface area contributed by atoms with Gasteiger partial charge in [0.25, 0.3) is 0 Å². The van der Waals surface area contributed by atoms with Crippen molar-refractivity contribution in [1.29, 1.82) is 0 Å². The Morgan fingerprint density at radius 3 is 2.65 bits per heavy atom. The van der Waals surface area contributed by atoms with Gasteiger partial charge in [0.2, 0.25) is 5.91 Å². The minimum absolute atomic E-state index is 0.0526. The number of hydrogen-bond acceptors (Lipinski definition) is 1. The molecule has 1 atom stereocenters. The monoisotopic (exact) mass is 306 g/mol. The van der Waals surface area contributed by atoms with E-state index in [-0.39, 0.29) is 11.9 Å². The molecule has 0 saturated heterocycles. The van der Waals surface area contributed by atoms with Crippen molar-refractivity contribution in [1.82, 2.24) is 10.3 Å². The first kappa shape index (κ1) is 15.3. The Bertz CT molecular complexity index is 776. The van der Waals surface area contributed by atoms with Crippen LogP contribution in [0.15, 0.2) is 60.8 Å². The van der Waals surface area contributed by atoms with E-state index in [1.165, 1.54) is 10.9 Å². The molecule has 0 fully saturated rings. The number of rotatable bonds is 6. The number of H-pyrrole nitrogens is 1. The zero-order valence-corrected chi connectivity index (χ0v) is 13.4. The third-order valence-electron chi connectivity index (χ3n) is 4.20. The molecule has 1 unspecified atom stereocenters. The van der Waals surface area contributed by atoms with Crippen LogP contribution in [0.5, 0.6) is 0 Å². The van der Waals surface area contributed by atoms with Gasteiger partial charge >= 0.3 is 0 Å². The van der Waals surface area contributed by atoms with Gasteiger partial charge in [-0.2, -0.15) is 0 Å². The molecular formula is C20H22N2O. The van der Waals surface area contributed by atoms with Crippen molar-refractivity contribution in [2.75, 3.05) is 0 Å². The third-order valence-corrected chi connectivity index (χ3v) is 4.20. The standard InChI is InChI=1S/C20H22N2O/c1-15(16-8-3-2-4-9-16)22-20(23)13-7-10-17-14-21-19-12-6-5-11-18(17)19/h2-6,8-9,11-12,14-15,21H,7,10,13H2,1H3,(H,22,23). The molecule has 1 amide bonds. The van der Waals surface area contributed by atoms with E-state index < -0.39 is 0 Å². The lowest BCUT2D eigenvalue weighted by Crippen LogP contribution is -2.26. The van der Waals surface area contributed by atoms with Crippen LogP contribution in [-0.2, 0) is 11.2 Å². The fourth-order valence-corrected chi connectivity index (χ4v) is 2.92. The molecule has 0 radical (unpaired) electrons. The first-order chi connectivity index (χ1) is 11.2. The highest BCUT2D eigenvalue weighted by molar-refractivity contribution is 5.83. The largest absolute Gasteiger partial charge is 0.361 e. The fraction of sp³-hybridized carbons (Fsp3) is 0.250. The molecule has 118 valence electrons. The first-order valence-corrected chi connectivity index (χ1v) is 8.13. The molecule has 2 N–H and O–H groups in total. The number of amides is 1. The lowest BCUT2D eigenvalue weighted by molar-refractivity contribution is -0.121. The average Bonchev–Trinajstić information content (AvgIpc) is 2.99. The third kappa shape index (κ3) is 3.81. The number of nitrogens with one attached hydrogen (secondary N) is 2. The summed E-state index contributed by atoms with van der Waals surface area (Å²) in [6, 6.07) is 18.4. The number of hydrogen-bond donors (Lipinski definition) is 2. The Balaban J connectivity index is 1.50. The van der Waals surface area contributed by atoms with E-state index in [1.807, 2.05) is 49.4 Å². The van der Waals surface area contributed by atoms with Gasteiger partial charge in [0.1, 0.15) is 0 Å². The van der Waals surface area contributed by atoms with Crippen molar-refractivity contribution < 1.29 is 4.79 Å². The van der Waals surface area contributed by atoms with Gasteiger partial charge in [0.05, 0.1) is 6.04 Å². The molecule has 2 aromatic carbocycles. The van der Waals surface area contributed by atoms with E-state index in [0.717, 1.165) is 23.9 Å². The van der Waals surface area contributed by atoms with Crippen LogP contribution in [0.2, 0.25) is 0 Å². The minimum Gasteiger partial charge on any atom is -0.361 e. The van der Waals surface area contributed by atoms with Crippen molar-refractivity contribution in [2.24, 2.45) is 0 Å². The molecule has 3 aromatic rings. The van der Waals surface area contributed by atoms with Crippen molar-refractivity contribution >= 4 is 16.8 Å². The highest BCUT2D eigenvalue weighted by atomic mass is 16.1. The van der Waals surface area contributed by atoms with Crippen molar-refractivity contribution in [3.8, 4) is 0 Å². The Labute approximate surface area is 136 Å². The summed E-state index contributed by atoms with van der Waals surface area (Å²) < 4.78 is 0. The maximum Gasteiger partial charge on any atom is 0.220 e. The number of carbonyl (C=O) groups excluding carboxylic acids is 1. The van der Waals surface area contributed by atoms with E-state index in [9.17, 15) is 4.79 Å². The van der Waals surface area contributed by atoms with Gasteiger partial charge in [-0.3, -0.25) is 4.79 Å². The van der Waals surface area contributed by atoms with Gasteiger partial charge in [-0.1, -0.05) is 48.5 Å². The molecule has 1 heterocycles. The predicted molar refractivity (Wildman–Crippen MR) is 94.2 cm³/mol. The van der Waals surface area contributed by atoms with E-state index in [4.69, 9.17) is 0 Å². The molecule has 3 rings (SSSR count). The maximum absolute atomic E-state index is 12.1. The van der Waals surface area contributed by atoms with Crippen LogP contribution in [0, 0.1) is 0 Å². The molecule has 0 saturated carbocycles. The van der Waals surface area contributed by atoms with Crippen LogP contribution in [0.4, 0.5) is 0 Å². The van der Waals surface area contributed by atoms with Crippen LogP contribution in [0.25, 0.3) is 10.9 Å². The molecule has 0 spiro atoms. The molecule has 1 aromatic heterocycles. The summed E-state index contributed by atoms with van der Waals surface area (Å²) >= 11 is 0. The maximum atomic E-state index is 12.1. The summed E-state index contributed by atoms with van der Waals surface area (Å²) in [4.78, 5) is 15.4. The Hall–Kier alpha value is -2.55. The summed E-state index contributed by atoms with van der Waals surface area (Å²) in [6.07, 6.45) is 4.37. The number of fused-ring (bicyclic) bond motifs is 1. The number of aryl methyl sites for hydroxylation is 1. The average molecular weight is 306 g/mol. The zero-order chi connectivity index (χ0) is 16.1. The number of benzene rings is 2. The Morgan fingerprint density at radius 2 is 1.83 bits per heavy atom. The van der Waals surface area contributed by atoms with Gasteiger partial charge in [0.15, 0.2) is 0 Å². The summed E-state index contributed by atoms with van der Waals surface area (Å²) in [6.45, 7) is 2.02. The lowest BCUT2D eigenvalue weighted by Gasteiger charge is -2.14. The quantitative estimate of drug-likeness (QED) is 0.698. The summed E-state index contributed by atoms with van der Waals surface area (Å²) in [5, 5.41) is 4.32. The van der Waals surface area contributed by atoms with Gasteiger partial charge in [-0.25, -0.2) is 0 Å². The summed E-state index contributed by atoms with van der Waals surface area (Å²) in [5.74, 6) is 0.112. The fourth-order valence-electron chi connectivity index (χ4n) is 2.92. The molecule has 0 aliphatic carbocycles. The van der Waals surface area contributed by atoms with Crippen LogP contribution < -0.4 is 5.32 Å². The molecule has 3 heteroatoms. The van der Waals surface area contributed by atoms with Gasteiger partial charge in [0, 0.05) is 23.5 Å². The number of aromatic amines is 1. The molecule has 23 heavy (non-hydrogen) atoms. The van der Waals surface area contributed by atoms with Crippen LogP contribution in [0.1, 0.15) is 36.9 Å². The van der Waals surface area contributed by atoms with E-state index in [1.54, 1.807) is 0 Å². The van der Waals surface area contributed by atoms with Gasteiger partial charge < -0.3 is 10.3 Å². The molecule has 3 nitrogen and oxygen atoms in total. The molecule has 0 aliphatic heterocycles. The summed E-state index contributed by atoms with van der Waals surface area (Å²) in [5.41, 5.74) is 3.58. The number of carbonyl (C=O) groups is 1. The second-order valence-corrected chi connectivity index (χ2v) is 5.91. The number of aromatic nitrogens is 1. The van der Waals surface area contributed by atoms with Crippen molar-refractivity contribution in [2.45, 2.75) is 32.2 Å². The predicted octanol–water partition coefficient (Wildman–Crippen LogP) is 4.37. The minimum atomic E-state index is 0.0526. The Morgan fingerprint density at radius 1 is 1.09 bits per heavy atom. The zero-order valence-electron chi connectivity index (χ0n) is 13.4. The van der Waals surface area contributed by atoms with Crippen molar-refractivity contribution in [3.63, 3.8) is 0 Å². The second kappa shape index (κ2) is 7.14. The summed E-state index contributed by atoms with van der Waals surface area (Å²) in [7, 11) is 0. The van der Waals surface area contributed by atoms with E-state index in [2.05, 4.69) is 28.6 Å². The highest BCUT2D eigenvalue weighted by Gasteiger charge is 2.09. The smallest absolute Gasteiger partial charge is 0.220 e. The molecule has 0 bridgehead atoms.